The zero-order valence-corrected chi connectivity index (χ0v) is 19.5. The quantitative estimate of drug-likeness (QED) is 0.406. The van der Waals surface area contributed by atoms with Crippen molar-refractivity contribution in [3.8, 4) is 11.5 Å². The van der Waals surface area contributed by atoms with Crippen LogP contribution in [0.2, 0.25) is 0 Å². The van der Waals surface area contributed by atoms with Crippen LogP contribution in [0.15, 0.2) is 64.2 Å². The van der Waals surface area contributed by atoms with Crippen LogP contribution in [0, 0.1) is 12.3 Å². The first-order valence-corrected chi connectivity index (χ1v) is 11.8. The fraction of sp³-hybridized carbons (Fsp3) is 0.280. The van der Waals surface area contributed by atoms with Crippen LogP contribution in [0.5, 0.6) is 11.5 Å². The van der Waals surface area contributed by atoms with Crippen molar-refractivity contribution in [2.45, 2.75) is 33.1 Å². The molecule has 0 unspecified atom stereocenters. The molecule has 1 N–H and O–H groups in total. The van der Waals surface area contributed by atoms with Crippen LogP contribution in [0.1, 0.15) is 37.3 Å². The Morgan fingerprint density at radius 1 is 1.03 bits per heavy atom. The highest BCUT2D eigenvalue weighted by molar-refractivity contribution is 8.26. The summed E-state index contributed by atoms with van der Waals surface area (Å²) in [6.45, 7) is 5.01. The summed E-state index contributed by atoms with van der Waals surface area (Å²) >= 11 is 1.37. The number of hydrogen-bond donors (Lipinski definition) is 1. The summed E-state index contributed by atoms with van der Waals surface area (Å²) in [5, 5.41) is 15.7. The van der Waals surface area contributed by atoms with Gasteiger partial charge in [-0.2, -0.15) is 15.1 Å². The van der Waals surface area contributed by atoms with Crippen LogP contribution in [0.25, 0.3) is 6.08 Å². The van der Waals surface area contributed by atoms with E-state index in [1.807, 2.05) is 55.5 Å². The molecule has 2 aromatic carbocycles. The molecule has 0 fully saturated rings. The number of nitrogens with zero attached hydrogens (tertiary/aromatic N) is 3. The molecule has 0 spiro atoms. The van der Waals surface area contributed by atoms with Crippen molar-refractivity contribution in [1.82, 2.24) is 5.01 Å². The molecule has 2 aliphatic rings. The molecule has 2 aliphatic heterocycles. The number of aryl methyl sites for hydroxylation is 1. The lowest BCUT2D eigenvalue weighted by molar-refractivity contribution is -0.114. The van der Waals surface area contributed by atoms with Gasteiger partial charge in [0, 0.05) is 0 Å². The molecule has 0 saturated heterocycles. The molecule has 2 aromatic rings. The number of fused-ring (bicyclic) bond motifs is 1. The molecule has 4 rings (SSSR count). The number of amides is 1. The maximum atomic E-state index is 12.5. The molecule has 33 heavy (non-hydrogen) atoms. The number of amidine groups is 2. The van der Waals surface area contributed by atoms with Crippen LogP contribution in [0.3, 0.4) is 0 Å². The van der Waals surface area contributed by atoms with Gasteiger partial charge in [-0.25, -0.2) is 0 Å². The largest absolute Gasteiger partial charge is 0.490 e. The molecular formula is C25H26N4O3S. The first-order chi connectivity index (χ1) is 16.0. The van der Waals surface area contributed by atoms with Gasteiger partial charge in [0.25, 0.3) is 5.91 Å². The van der Waals surface area contributed by atoms with Gasteiger partial charge in [0.2, 0.25) is 5.17 Å². The number of carbonyl (C=O) groups is 1. The predicted molar refractivity (Wildman–Crippen MR) is 133 cm³/mol. The van der Waals surface area contributed by atoms with E-state index in [2.05, 4.69) is 17.0 Å². The van der Waals surface area contributed by atoms with Crippen molar-refractivity contribution >= 4 is 39.8 Å². The Balaban J connectivity index is 1.34. The molecule has 0 bridgehead atoms. The average molecular weight is 463 g/mol. The topological polar surface area (TPSA) is 87.3 Å². The normalized spacial score (nSPS) is 16.5. The SMILES string of the molecule is CCCCC1=NN2C(=N)/C(=C\c3ccc(OCCOc4ccc(C)cc4)cc3)C(=O)N=C2S1. The number of aliphatic imine (C=N–C) groups is 1. The standard InChI is InChI=1S/C25H26N4O3S/c1-3-4-5-22-28-29-23(26)21(24(30)27-25(29)33-22)16-18-8-12-20(13-9-18)32-15-14-31-19-10-6-17(2)7-11-19/h6-13,16,26H,3-5,14-15H2,1-2H3/b21-16+,26-23?. The minimum atomic E-state index is -0.417. The van der Waals surface area contributed by atoms with Gasteiger partial charge in [-0.3, -0.25) is 10.2 Å². The number of nitrogens with one attached hydrogen (secondary N) is 1. The van der Waals surface area contributed by atoms with Crippen LogP contribution in [-0.4, -0.2) is 40.2 Å². The summed E-state index contributed by atoms with van der Waals surface area (Å²) < 4.78 is 11.4. The summed E-state index contributed by atoms with van der Waals surface area (Å²) in [4.78, 5) is 16.7. The van der Waals surface area contributed by atoms with Gasteiger partial charge in [-0.1, -0.05) is 43.2 Å². The van der Waals surface area contributed by atoms with E-state index in [-0.39, 0.29) is 11.4 Å². The highest BCUT2D eigenvalue weighted by Gasteiger charge is 2.35. The minimum Gasteiger partial charge on any atom is -0.490 e. The summed E-state index contributed by atoms with van der Waals surface area (Å²) in [5.41, 5.74) is 2.20. The Bertz CT molecular complexity index is 1120. The molecule has 0 radical (unpaired) electrons. The van der Waals surface area contributed by atoms with Gasteiger partial charge in [0.1, 0.15) is 29.8 Å². The number of benzene rings is 2. The van der Waals surface area contributed by atoms with Gasteiger partial charge >= 0.3 is 0 Å². The van der Waals surface area contributed by atoms with E-state index < -0.39 is 5.91 Å². The van der Waals surface area contributed by atoms with Gasteiger partial charge in [-0.05, 0) is 67.4 Å². The second-order valence-corrected chi connectivity index (χ2v) is 8.74. The second kappa shape index (κ2) is 10.5. The van der Waals surface area contributed by atoms with Gasteiger partial charge in [0.15, 0.2) is 5.84 Å². The summed E-state index contributed by atoms with van der Waals surface area (Å²) in [7, 11) is 0. The van der Waals surface area contributed by atoms with Crippen LogP contribution in [0.4, 0.5) is 0 Å². The summed E-state index contributed by atoms with van der Waals surface area (Å²) in [6.07, 6.45) is 4.57. The lowest BCUT2D eigenvalue weighted by atomic mass is 10.1. The number of carbonyl (C=O) groups excluding carboxylic acids is 1. The van der Waals surface area contributed by atoms with Gasteiger partial charge in [0.05, 0.1) is 5.57 Å². The smallest absolute Gasteiger partial charge is 0.283 e. The highest BCUT2D eigenvalue weighted by atomic mass is 32.2. The van der Waals surface area contributed by atoms with Crippen molar-refractivity contribution in [2.24, 2.45) is 10.1 Å². The third-order valence-corrected chi connectivity index (χ3v) is 6.04. The minimum absolute atomic E-state index is 0.0533. The Morgan fingerprint density at radius 3 is 2.30 bits per heavy atom. The summed E-state index contributed by atoms with van der Waals surface area (Å²) in [6, 6.07) is 15.2. The zero-order valence-electron chi connectivity index (χ0n) is 18.7. The van der Waals surface area contributed by atoms with Crippen molar-refractivity contribution in [3.63, 3.8) is 0 Å². The molecule has 0 aromatic heterocycles. The molecule has 0 atom stereocenters. The number of thioether (sulfide) groups is 1. The van der Waals surface area contributed by atoms with Crippen molar-refractivity contribution in [1.29, 1.82) is 5.41 Å². The molecular weight excluding hydrogens is 436 g/mol. The van der Waals surface area contributed by atoms with E-state index in [1.54, 1.807) is 6.08 Å². The third kappa shape index (κ3) is 5.70. The van der Waals surface area contributed by atoms with E-state index >= 15 is 0 Å². The lowest BCUT2D eigenvalue weighted by Crippen LogP contribution is -2.35. The third-order valence-electron chi connectivity index (χ3n) is 5.07. The molecule has 0 saturated carbocycles. The van der Waals surface area contributed by atoms with E-state index in [4.69, 9.17) is 14.9 Å². The maximum Gasteiger partial charge on any atom is 0.283 e. The van der Waals surface area contributed by atoms with Crippen molar-refractivity contribution in [2.75, 3.05) is 13.2 Å². The predicted octanol–water partition coefficient (Wildman–Crippen LogP) is 5.26. The molecule has 1 amide bonds. The number of rotatable bonds is 9. The molecule has 7 nitrogen and oxygen atoms in total. The molecule has 2 heterocycles. The fourth-order valence-corrected chi connectivity index (χ4v) is 4.17. The second-order valence-electron chi connectivity index (χ2n) is 7.70. The van der Waals surface area contributed by atoms with E-state index in [9.17, 15) is 4.79 Å². The Hall–Kier alpha value is -3.39. The average Bonchev–Trinajstić information content (AvgIpc) is 3.23. The van der Waals surface area contributed by atoms with Gasteiger partial charge in [-0.15, -0.1) is 0 Å². The Morgan fingerprint density at radius 2 is 1.67 bits per heavy atom. The zero-order chi connectivity index (χ0) is 23.2. The number of hydrogen-bond acceptors (Lipinski definition) is 6. The maximum absolute atomic E-state index is 12.5. The van der Waals surface area contributed by atoms with E-state index in [0.717, 1.165) is 35.6 Å². The van der Waals surface area contributed by atoms with Crippen molar-refractivity contribution < 1.29 is 14.3 Å². The monoisotopic (exact) mass is 462 g/mol. The Kier molecular flexibility index (Phi) is 7.24. The van der Waals surface area contributed by atoms with Gasteiger partial charge < -0.3 is 9.47 Å². The van der Waals surface area contributed by atoms with Crippen LogP contribution in [-0.2, 0) is 4.79 Å². The number of ether oxygens (including phenoxy) is 2. The van der Waals surface area contributed by atoms with Crippen molar-refractivity contribution in [3.05, 3.63) is 65.2 Å². The first kappa shape index (κ1) is 22.8. The van der Waals surface area contributed by atoms with Crippen LogP contribution < -0.4 is 9.47 Å². The number of hydrazone groups is 1. The van der Waals surface area contributed by atoms with Crippen LogP contribution >= 0.6 is 11.8 Å². The fourth-order valence-electron chi connectivity index (χ4n) is 3.24. The molecule has 8 heteroatoms. The van der Waals surface area contributed by atoms with E-state index in [1.165, 1.54) is 22.3 Å². The lowest BCUT2D eigenvalue weighted by Gasteiger charge is -2.20. The first-order valence-electron chi connectivity index (χ1n) is 10.9. The highest BCUT2D eigenvalue weighted by Crippen LogP contribution is 2.30. The number of unbranched alkanes of at least 4 members (excludes halogenated alkanes) is 1. The molecule has 0 aliphatic carbocycles. The summed E-state index contributed by atoms with van der Waals surface area (Å²) in [5.74, 6) is 1.16. The molecule has 170 valence electrons. The Labute approximate surface area is 197 Å². The van der Waals surface area contributed by atoms with E-state index in [0.29, 0.717) is 24.1 Å².